The van der Waals surface area contributed by atoms with Crippen LogP contribution in [0.2, 0.25) is 0 Å². The molecule has 4 aromatic rings. The summed E-state index contributed by atoms with van der Waals surface area (Å²) in [6.07, 6.45) is 4.00. The molecule has 4 nitrogen and oxygen atoms in total. The summed E-state index contributed by atoms with van der Waals surface area (Å²) in [5, 5.41) is 3.05. The highest BCUT2D eigenvalue weighted by molar-refractivity contribution is 5.94. The number of fused-ring (bicyclic) bond motifs is 1. The van der Waals surface area contributed by atoms with E-state index in [1.165, 1.54) is 16.6 Å². The molecule has 3 aromatic carbocycles. The number of aromatic nitrogens is 2. The van der Waals surface area contributed by atoms with E-state index in [-0.39, 0.29) is 11.3 Å². The van der Waals surface area contributed by atoms with E-state index >= 15 is 0 Å². The van der Waals surface area contributed by atoms with E-state index < -0.39 is 0 Å². The second-order valence-electron chi connectivity index (χ2n) is 10.5. The van der Waals surface area contributed by atoms with Crippen LogP contribution in [0.15, 0.2) is 72.8 Å². The second kappa shape index (κ2) is 10.9. The largest absolute Gasteiger partial charge is 0.352 e. The molecule has 0 radical (unpaired) electrons. The van der Waals surface area contributed by atoms with Crippen molar-refractivity contribution < 1.29 is 4.79 Å². The average Bonchev–Trinajstić information content (AvgIpc) is 3.18. The Labute approximate surface area is 209 Å². The van der Waals surface area contributed by atoms with Gasteiger partial charge in [0.15, 0.2) is 0 Å². The van der Waals surface area contributed by atoms with Crippen molar-refractivity contribution in [2.45, 2.75) is 65.3 Å². The van der Waals surface area contributed by atoms with E-state index in [0.29, 0.717) is 6.54 Å². The smallest absolute Gasteiger partial charge is 0.251 e. The topological polar surface area (TPSA) is 46.9 Å². The molecule has 0 aliphatic carbocycles. The minimum absolute atomic E-state index is 0.00738. The number of carbonyl (C=O) groups excluding carboxylic acids is 1. The van der Waals surface area contributed by atoms with Crippen LogP contribution < -0.4 is 5.32 Å². The van der Waals surface area contributed by atoms with Crippen LogP contribution in [0.5, 0.6) is 0 Å². The number of imidazole rings is 1. The Kier molecular flexibility index (Phi) is 7.70. The zero-order chi connectivity index (χ0) is 24.8. The molecule has 35 heavy (non-hydrogen) atoms. The van der Waals surface area contributed by atoms with Crippen molar-refractivity contribution in [1.29, 1.82) is 0 Å². The molecule has 0 atom stereocenters. The molecule has 1 N–H and O–H groups in total. The van der Waals surface area contributed by atoms with E-state index in [0.717, 1.165) is 54.7 Å². The zero-order valence-electron chi connectivity index (χ0n) is 21.5. The number of nitrogens with zero attached hydrogens (tertiary/aromatic N) is 2. The number of hydrogen-bond donors (Lipinski definition) is 1. The molecular formula is C31H37N3O. The zero-order valence-corrected chi connectivity index (χ0v) is 21.5. The van der Waals surface area contributed by atoms with Crippen LogP contribution in [0.4, 0.5) is 0 Å². The molecule has 1 aromatic heterocycles. The third-order valence-electron chi connectivity index (χ3n) is 6.54. The number of benzene rings is 3. The Morgan fingerprint density at radius 2 is 1.69 bits per heavy atom. The van der Waals surface area contributed by atoms with Gasteiger partial charge in [-0.1, -0.05) is 81.3 Å². The van der Waals surface area contributed by atoms with Crippen LogP contribution in [-0.4, -0.2) is 22.0 Å². The first-order valence-corrected chi connectivity index (χ1v) is 12.7. The highest BCUT2D eigenvalue weighted by Crippen LogP contribution is 2.24. The number of carbonyl (C=O) groups is 1. The lowest BCUT2D eigenvalue weighted by atomic mass is 9.87. The van der Waals surface area contributed by atoms with Crippen molar-refractivity contribution in [3.63, 3.8) is 0 Å². The van der Waals surface area contributed by atoms with Gasteiger partial charge in [0.2, 0.25) is 0 Å². The number of aryl methyl sites for hydroxylation is 2. The normalized spacial score (nSPS) is 11.7. The maximum atomic E-state index is 12.3. The van der Waals surface area contributed by atoms with Gasteiger partial charge in [-0.2, -0.15) is 0 Å². The van der Waals surface area contributed by atoms with Crippen LogP contribution >= 0.6 is 0 Å². The summed E-state index contributed by atoms with van der Waals surface area (Å²) in [4.78, 5) is 17.3. The molecule has 0 spiro atoms. The van der Waals surface area contributed by atoms with Crippen molar-refractivity contribution in [2.75, 3.05) is 6.54 Å². The summed E-state index contributed by atoms with van der Waals surface area (Å²) in [6.45, 7) is 10.3. The van der Waals surface area contributed by atoms with Crippen molar-refractivity contribution in [2.24, 2.45) is 0 Å². The molecule has 0 unspecified atom stereocenters. The molecule has 4 heteroatoms. The predicted molar refractivity (Wildman–Crippen MR) is 145 cm³/mol. The molecule has 0 aliphatic rings. The van der Waals surface area contributed by atoms with E-state index in [9.17, 15) is 4.79 Å². The summed E-state index contributed by atoms with van der Waals surface area (Å²) in [5.41, 5.74) is 6.88. The van der Waals surface area contributed by atoms with Crippen LogP contribution in [0.3, 0.4) is 0 Å². The second-order valence-corrected chi connectivity index (χ2v) is 10.5. The van der Waals surface area contributed by atoms with Crippen LogP contribution in [0.25, 0.3) is 11.0 Å². The van der Waals surface area contributed by atoms with Gasteiger partial charge in [0.25, 0.3) is 5.91 Å². The summed E-state index contributed by atoms with van der Waals surface area (Å²) >= 11 is 0. The van der Waals surface area contributed by atoms with Crippen molar-refractivity contribution in [1.82, 2.24) is 14.9 Å². The van der Waals surface area contributed by atoms with Gasteiger partial charge < -0.3 is 9.88 Å². The maximum absolute atomic E-state index is 12.3. The van der Waals surface area contributed by atoms with Crippen LogP contribution in [0, 0.1) is 6.92 Å². The SMILES string of the molecule is Cc1cccc(C(=O)NCCCCCc2nc3ccccc3n2Cc2ccc(C(C)(C)C)cc2)c1. The maximum Gasteiger partial charge on any atom is 0.251 e. The van der Waals surface area contributed by atoms with Crippen molar-refractivity contribution >= 4 is 16.9 Å². The fourth-order valence-electron chi connectivity index (χ4n) is 4.46. The number of rotatable bonds is 9. The molecule has 4 rings (SSSR count). The highest BCUT2D eigenvalue weighted by atomic mass is 16.1. The van der Waals surface area contributed by atoms with Gasteiger partial charge in [0, 0.05) is 25.1 Å². The lowest BCUT2D eigenvalue weighted by molar-refractivity contribution is 0.0953. The summed E-state index contributed by atoms with van der Waals surface area (Å²) in [6, 6.07) is 25.1. The fourth-order valence-corrected chi connectivity index (χ4v) is 4.46. The first-order chi connectivity index (χ1) is 16.8. The Morgan fingerprint density at radius 3 is 2.43 bits per heavy atom. The van der Waals surface area contributed by atoms with Gasteiger partial charge in [-0.3, -0.25) is 4.79 Å². The van der Waals surface area contributed by atoms with Crippen molar-refractivity contribution in [3.05, 3.63) is 101 Å². The Morgan fingerprint density at radius 1 is 0.914 bits per heavy atom. The summed E-state index contributed by atoms with van der Waals surface area (Å²) < 4.78 is 2.36. The molecule has 182 valence electrons. The third-order valence-corrected chi connectivity index (χ3v) is 6.54. The molecular weight excluding hydrogens is 430 g/mol. The summed E-state index contributed by atoms with van der Waals surface area (Å²) in [5.74, 6) is 1.14. The molecule has 0 aliphatic heterocycles. The van der Waals surface area contributed by atoms with Crippen LogP contribution in [-0.2, 0) is 18.4 Å². The lowest BCUT2D eigenvalue weighted by Gasteiger charge is -2.19. The fraction of sp³-hybridized carbons (Fsp3) is 0.355. The third kappa shape index (κ3) is 6.39. The Bertz CT molecular complexity index is 1280. The van der Waals surface area contributed by atoms with Crippen LogP contribution in [0.1, 0.15) is 72.9 Å². The molecule has 1 amide bonds. The standard InChI is InChI=1S/C31H37N3O/c1-23-11-10-12-25(21-23)30(35)32-20-9-5-6-15-29-33-27-13-7-8-14-28(27)34(29)22-24-16-18-26(19-17-24)31(2,3)4/h7-8,10-14,16-19,21H,5-6,9,15,20,22H2,1-4H3,(H,32,35). The predicted octanol–water partition coefficient (Wildman–Crippen LogP) is 6.83. The molecule has 0 bridgehead atoms. The molecule has 0 fully saturated rings. The highest BCUT2D eigenvalue weighted by Gasteiger charge is 2.14. The van der Waals surface area contributed by atoms with E-state index in [1.54, 1.807) is 0 Å². The quantitative estimate of drug-likeness (QED) is 0.274. The van der Waals surface area contributed by atoms with Gasteiger partial charge >= 0.3 is 0 Å². The van der Waals surface area contributed by atoms with Gasteiger partial charge in [-0.05, 0) is 60.6 Å². The monoisotopic (exact) mass is 467 g/mol. The Hall–Kier alpha value is -3.40. The average molecular weight is 468 g/mol. The summed E-state index contributed by atoms with van der Waals surface area (Å²) in [7, 11) is 0. The lowest BCUT2D eigenvalue weighted by Crippen LogP contribution is -2.24. The number of para-hydroxylation sites is 2. The van der Waals surface area contributed by atoms with Gasteiger partial charge in [0.05, 0.1) is 11.0 Å². The first-order valence-electron chi connectivity index (χ1n) is 12.7. The molecule has 0 saturated heterocycles. The van der Waals surface area contributed by atoms with E-state index in [1.807, 2.05) is 31.2 Å². The number of nitrogens with one attached hydrogen (secondary N) is 1. The Balaban J connectivity index is 1.34. The van der Waals surface area contributed by atoms with Gasteiger partial charge in [-0.25, -0.2) is 4.98 Å². The number of unbranched alkanes of at least 4 members (excludes halogenated alkanes) is 2. The van der Waals surface area contributed by atoms with Crippen molar-refractivity contribution in [3.8, 4) is 0 Å². The minimum Gasteiger partial charge on any atom is -0.352 e. The van der Waals surface area contributed by atoms with E-state index in [2.05, 4.69) is 79.2 Å². The minimum atomic E-state index is 0.00738. The number of hydrogen-bond acceptors (Lipinski definition) is 2. The molecule has 1 heterocycles. The first kappa shape index (κ1) is 24.7. The number of amides is 1. The van der Waals surface area contributed by atoms with Gasteiger partial charge in [0.1, 0.15) is 5.82 Å². The van der Waals surface area contributed by atoms with Gasteiger partial charge in [-0.15, -0.1) is 0 Å². The molecule has 0 saturated carbocycles. The van der Waals surface area contributed by atoms with E-state index in [4.69, 9.17) is 4.98 Å².